The maximum absolute atomic E-state index is 14.4. The van der Waals surface area contributed by atoms with Crippen LogP contribution in [0.3, 0.4) is 0 Å². The Bertz CT molecular complexity index is 5200. The first-order valence-corrected chi connectivity index (χ1v) is 43.1. The van der Waals surface area contributed by atoms with Gasteiger partial charge in [-0.3, -0.25) is 24.2 Å². The summed E-state index contributed by atoms with van der Waals surface area (Å²) in [4.78, 5) is 102. The summed E-state index contributed by atoms with van der Waals surface area (Å²) in [6, 6.07) is 33.6. The highest BCUT2D eigenvalue weighted by molar-refractivity contribution is 5.96. The van der Waals surface area contributed by atoms with Gasteiger partial charge in [-0.1, -0.05) is 98.6 Å². The molecule has 0 spiro atoms. The smallest absolute Gasteiger partial charge is 0.421 e. The normalized spacial score (nSPS) is 21.1. The maximum atomic E-state index is 14.4. The van der Waals surface area contributed by atoms with Crippen LogP contribution >= 0.6 is 0 Å². The number of piperazine rings is 3. The standard InChI is InChI=1S/2C32H37N7O3.C29H33F4N7O2/c2*1-4-30(40)39-15-14-38(19-24(39)18-33-2)31-27-12-13-37(29-11-7-9-23-8-5-6-10-26(23)29)20-28(27)34-32(35-31)42-22-25-21-41-17-16-36(25)3;1-4-25(41)40-14-13-39(16-20(40)15-34-2)27-21-10-12-38(24-9-5-8-22(30)26(24)29(31,32)33)17-23(21)35-28(36-27)42-18-19-7-6-11-37(19)3/h2*4-11,24-25H,1,12-22H2,3H3;4-5,8-9,19-20H,1,6-7,10-18H2,3H3/t2*24?,25-;19-,20+/m101/s1. The van der Waals surface area contributed by atoms with Crippen molar-refractivity contribution in [1.82, 2.24) is 59.3 Å². The number of halogens is 4. The van der Waals surface area contributed by atoms with Gasteiger partial charge >= 0.3 is 24.2 Å². The Kier molecular flexibility index (Phi) is 28.3. The molecule has 6 atom stereocenters. The molecule has 17 rings (SSSR count). The number of carbonyl (C=O) groups excluding carboxylic acids is 3. The van der Waals surface area contributed by atoms with Crippen LogP contribution in [0.25, 0.3) is 36.1 Å². The van der Waals surface area contributed by atoms with Crippen LogP contribution in [0, 0.1) is 25.5 Å². The highest BCUT2D eigenvalue weighted by Gasteiger charge is 2.43. The lowest BCUT2D eigenvalue weighted by Crippen LogP contribution is -2.56. The molecule has 660 valence electrons. The molecule has 6 fully saturated rings. The number of alkyl halides is 3. The van der Waals surface area contributed by atoms with Crippen LogP contribution < -0.4 is 43.6 Å². The number of benzene rings is 5. The van der Waals surface area contributed by atoms with Crippen LogP contribution in [0.2, 0.25) is 0 Å². The summed E-state index contributed by atoms with van der Waals surface area (Å²) in [6.45, 7) is 48.0. The molecule has 0 aliphatic carbocycles. The first kappa shape index (κ1) is 88.5. The first-order valence-electron chi connectivity index (χ1n) is 43.1. The van der Waals surface area contributed by atoms with E-state index in [2.05, 4.69) is 173 Å². The van der Waals surface area contributed by atoms with Crippen LogP contribution in [0.5, 0.6) is 18.0 Å². The lowest BCUT2D eigenvalue weighted by molar-refractivity contribution is -0.139. The minimum Gasteiger partial charge on any atom is -0.462 e. The summed E-state index contributed by atoms with van der Waals surface area (Å²) in [6.07, 6.45) is 2.96. The predicted octanol–water partition coefficient (Wildman–Crippen LogP) is 9.84. The lowest BCUT2D eigenvalue weighted by atomic mass is 10.0. The topological polar surface area (TPSA) is 227 Å². The van der Waals surface area contributed by atoms with E-state index in [1.807, 2.05) is 11.9 Å². The molecule has 0 bridgehead atoms. The largest absolute Gasteiger partial charge is 0.462 e. The molecule has 29 nitrogen and oxygen atoms in total. The molecule has 9 aliphatic rings. The van der Waals surface area contributed by atoms with Crippen molar-refractivity contribution in [1.29, 1.82) is 0 Å². The van der Waals surface area contributed by atoms with E-state index in [-0.39, 0.29) is 98.4 Å². The minimum absolute atomic E-state index is 0.0114. The average molecular weight is 1720 g/mol. The van der Waals surface area contributed by atoms with Crippen molar-refractivity contribution >= 4 is 73.8 Å². The zero-order chi connectivity index (χ0) is 88.1. The van der Waals surface area contributed by atoms with Crippen LogP contribution in [-0.4, -0.2) is 298 Å². The number of likely N-dealkylation sites (tertiary alicyclic amines) is 1. The van der Waals surface area contributed by atoms with Gasteiger partial charge in [0.25, 0.3) is 0 Å². The quantitative estimate of drug-likeness (QED) is 0.0370. The van der Waals surface area contributed by atoms with Gasteiger partial charge in [0.05, 0.1) is 80.9 Å². The fourth-order valence-electron chi connectivity index (χ4n) is 18.5. The average Bonchev–Trinajstić information content (AvgIpc) is 0.774. The molecule has 6 saturated heterocycles. The molecule has 126 heavy (non-hydrogen) atoms. The van der Waals surface area contributed by atoms with Gasteiger partial charge in [-0.2, -0.15) is 43.1 Å². The minimum atomic E-state index is -4.86. The van der Waals surface area contributed by atoms with Crippen molar-refractivity contribution in [3.05, 3.63) is 220 Å². The number of morpholine rings is 2. The Labute approximate surface area is 732 Å². The zero-order valence-corrected chi connectivity index (χ0v) is 71.6. The van der Waals surface area contributed by atoms with Crippen molar-refractivity contribution in [2.75, 3.05) is 215 Å². The molecule has 8 aromatic rings. The second kappa shape index (κ2) is 40.3. The van der Waals surface area contributed by atoms with Gasteiger partial charge in [-0.25, -0.2) is 24.1 Å². The molecule has 0 N–H and O–H groups in total. The Balaban J connectivity index is 0.000000146. The molecule has 3 amide bonds. The number of likely N-dealkylation sites (N-methyl/N-ethyl adjacent to an activating group) is 3. The molecule has 9 aliphatic heterocycles. The number of hydrogen-bond acceptors (Lipinski definition) is 23. The third kappa shape index (κ3) is 20.0. The fraction of sp³-hybridized carbons (Fsp3) is 0.462. The molecule has 2 unspecified atom stereocenters. The van der Waals surface area contributed by atoms with Gasteiger partial charge in [0.15, 0.2) is 0 Å². The van der Waals surface area contributed by atoms with Gasteiger partial charge in [0.1, 0.15) is 66.8 Å². The van der Waals surface area contributed by atoms with Gasteiger partial charge < -0.3 is 87.2 Å². The SMILES string of the molecule is [C-]#[N+]CC1CN(c2nc(OC[C@@H]3COCCN3C)nc3c2CCN(c2cccc4ccccc24)C3)CCN1C(=O)C=C.[C-]#[N+]CC1CN(c2nc(OC[C@H]3COCCN3C)nc3c2CCN(c2cccc4ccccc24)C3)CCN1C(=O)C=C.[C-]#[N+]C[C@H]1CN(c2nc(OC[C@H]3CCCN3C)nc3c2CCN(c2cccc(F)c2C(F)(F)F)C3)CCN1C(=O)C=C. The third-order valence-electron chi connectivity index (χ3n) is 25.5. The lowest BCUT2D eigenvalue weighted by Gasteiger charge is -2.41. The Morgan fingerprint density at radius 2 is 0.802 bits per heavy atom. The van der Waals surface area contributed by atoms with E-state index in [0.29, 0.717) is 135 Å². The molecular formula is C93H107F4N21O8. The second-order valence-corrected chi connectivity index (χ2v) is 33.1. The Morgan fingerprint density at radius 3 is 1.17 bits per heavy atom. The summed E-state index contributed by atoms with van der Waals surface area (Å²) in [5.41, 5.74) is 6.25. The van der Waals surface area contributed by atoms with E-state index in [1.165, 1.54) is 68.2 Å². The van der Waals surface area contributed by atoms with Crippen LogP contribution in [0.1, 0.15) is 52.2 Å². The number of rotatable bonds is 21. The van der Waals surface area contributed by atoms with Gasteiger partial charge in [-0.15, -0.1) is 0 Å². The van der Waals surface area contributed by atoms with Crippen molar-refractivity contribution < 1.29 is 55.6 Å². The van der Waals surface area contributed by atoms with Gasteiger partial charge in [-0.05, 0) is 113 Å². The third-order valence-corrected chi connectivity index (χ3v) is 25.5. The number of aromatic nitrogens is 6. The molecule has 0 saturated carbocycles. The Hall–Kier alpha value is -12.3. The molecule has 12 heterocycles. The summed E-state index contributed by atoms with van der Waals surface area (Å²) in [5.74, 6) is 0.442. The van der Waals surface area contributed by atoms with Crippen molar-refractivity contribution in [2.24, 2.45) is 0 Å². The van der Waals surface area contributed by atoms with Gasteiger partial charge in [0.2, 0.25) is 37.4 Å². The van der Waals surface area contributed by atoms with Gasteiger partial charge in [0, 0.05) is 137 Å². The Morgan fingerprint density at radius 1 is 0.444 bits per heavy atom. The van der Waals surface area contributed by atoms with Crippen molar-refractivity contribution in [3.8, 4) is 18.0 Å². The number of carbonyl (C=O) groups is 3. The summed E-state index contributed by atoms with van der Waals surface area (Å²) < 4.78 is 85.9. The van der Waals surface area contributed by atoms with Crippen LogP contribution in [-0.2, 0) is 68.9 Å². The van der Waals surface area contributed by atoms with E-state index in [0.717, 1.165) is 117 Å². The van der Waals surface area contributed by atoms with E-state index >= 15 is 0 Å². The summed E-state index contributed by atoms with van der Waals surface area (Å²) in [5, 5.41) is 4.87. The maximum Gasteiger partial charge on any atom is 0.421 e. The highest BCUT2D eigenvalue weighted by atomic mass is 19.4. The molecular weight excluding hydrogens is 1620 g/mol. The molecule has 0 radical (unpaired) electrons. The monoisotopic (exact) mass is 1720 g/mol. The van der Waals surface area contributed by atoms with E-state index in [1.54, 1.807) is 14.7 Å². The van der Waals surface area contributed by atoms with Crippen molar-refractivity contribution in [2.45, 2.75) is 94.2 Å². The number of ether oxygens (including phenoxy) is 5. The van der Waals surface area contributed by atoms with Crippen LogP contribution in [0.15, 0.2) is 141 Å². The number of anilines is 6. The van der Waals surface area contributed by atoms with Crippen molar-refractivity contribution in [3.63, 3.8) is 0 Å². The summed E-state index contributed by atoms with van der Waals surface area (Å²) >= 11 is 0. The second-order valence-electron chi connectivity index (χ2n) is 33.1. The van der Waals surface area contributed by atoms with E-state index in [9.17, 15) is 31.9 Å². The number of nitrogens with zero attached hydrogens (tertiary/aromatic N) is 21. The van der Waals surface area contributed by atoms with E-state index < -0.39 is 17.6 Å². The number of fused-ring (bicyclic) bond motifs is 5. The molecule has 33 heteroatoms. The summed E-state index contributed by atoms with van der Waals surface area (Å²) in [7, 11) is 6.19. The molecule has 3 aromatic heterocycles. The molecule has 5 aromatic carbocycles. The predicted molar refractivity (Wildman–Crippen MR) is 474 cm³/mol. The zero-order valence-electron chi connectivity index (χ0n) is 71.6. The first-order chi connectivity index (χ1) is 61.2. The number of hydrogen-bond donors (Lipinski definition) is 0. The fourth-order valence-corrected chi connectivity index (χ4v) is 18.5. The van der Waals surface area contributed by atoms with E-state index in [4.69, 9.17) is 68.3 Å². The number of amides is 3. The highest BCUT2D eigenvalue weighted by Crippen LogP contribution is 2.43. The van der Waals surface area contributed by atoms with Crippen LogP contribution in [0.4, 0.5) is 52.1 Å².